The average Bonchev–Trinajstić information content (AvgIpc) is 3.12. The molecule has 0 aliphatic heterocycles. The third kappa shape index (κ3) is 5.04. The van der Waals surface area contributed by atoms with E-state index in [0.717, 1.165) is 11.3 Å². The predicted octanol–water partition coefficient (Wildman–Crippen LogP) is 4.91. The van der Waals surface area contributed by atoms with Crippen LogP contribution in [-0.4, -0.2) is 24.6 Å². The molecule has 0 saturated heterocycles. The molecule has 0 bridgehead atoms. The number of rotatable bonds is 7. The first-order chi connectivity index (χ1) is 13.4. The van der Waals surface area contributed by atoms with Crippen molar-refractivity contribution >= 4 is 22.9 Å². The van der Waals surface area contributed by atoms with Crippen molar-refractivity contribution in [1.29, 1.82) is 0 Å². The van der Waals surface area contributed by atoms with Crippen LogP contribution in [0, 0.1) is 6.92 Å². The third-order valence-electron chi connectivity index (χ3n) is 3.87. The summed E-state index contributed by atoms with van der Waals surface area (Å²) in [5.74, 6) is -0.0262. The van der Waals surface area contributed by atoms with Gasteiger partial charge in [-0.25, -0.2) is 4.98 Å². The molecule has 146 valence electrons. The second kappa shape index (κ2) is 8.79. The summed E-state index contributed by atoms with van der Waals surface area (Å²) in [5, 5.41) is 5.28. The van der Waals surface area contributed by atoms with Gasteiger partial charge in [0.25, 0.3) is 0 Å². The highest BCUT2D eigenvalue weighted by molar-refractivity contribution is 7.10. The van der Waals surface area contributed by atoms with Crippen LogP contribution >= 0.6 is 11.3 Å². The number of benzene rings is 2. The molecule has 0 unspecified atom stereocenters. The van der Waals surface area contributed by atoms with Crippen molar-refractivity contribution in [3.05, 3.63) is 58.4 Å². The van der Waals surface area contributed by atoms with Crippen LogP contribution in [0.1, 0.15) is 10.6 Å². The topological polar surface area (TPSA) is 60.5 Å². The second-order valence-corrected chi connectivity index (χ2v) is 6.90. The molecule has 1 amide bonds. The normalized spacial score (nSPS) is 10.8. The number of carbonyl (C=O) groups excluding carboxylic acids is 1. The number of methoxy groups -OCH3 is 1. The van der Waals surface area contributed by atoms with E-state index in [1.54, 1.807) is 17.5 Å². The summed E-state index contributed by atoms with van der Waals surface area (Å²) >= 11 is 1.35. The maximum absolute atomic E-state index is 12.4. The lowest BCUT2D eigenvalue weighted by Gasteiger charge is -2.10. The Bertz CT molecular complexity index is 958. The number of ether oxygens (including phenoxy) is 2. The summed E-state index contributed by atoms with van der Waals surface area (Å²) in [6, 6.07) is 12.1. The molecule has 0 fully saturated rings. The van der Waals surface area contributed by atoms with Crippen LogP contribution in [0.5, 0.6) is 11.5 Å². The van der Waals surface area contributed by atoms with Crippen LogP contribution in [0.2, 0.25) is 0 Å². The van der Waals surface area contributed by atoms with E-state index in [2.05, 4.69) is 15.0 Å². The Labute approximate surface area is 164 Å². The van der Waals surface area contributed by atoms with Gasteiger partial charge in [-0.3, -0.25) is 4.79 Å². The highest BCUT2D eigenvalue weighted by Gasteiger charge is 2.14. The highest BCUT2D eigenvalue weighted by atomic mass is 32.1. The van der Waals surface area contributed by atoms with Gasteiger partial charge in [-0.15, -0.1) is 11.3 Å². The van der Waals surface area contributed by atoms with Gasteiger partial charge in [-0.05, 0) is 37.3 Å². The predicted molar refractivity (Wildman–Crippen MR) is 104 cm³/mol. The van der Waals surface area contributed by atoms with Gasteiger partial charge in [-0.2, -0.15) is 8.78 Å². The Hall–Kier alpha value is -3.00. The first-order valence-electron chi connectivity index (χ1n) is 8.38. The molecule has 0 radical (unpaired) electrons. The minimum atomic E-state index is -2.93. The number of hydrogen-bond donors (Lipinski definition) is 1. The van der Waals surface area contributed by atoms with Crippen molar-refractivity contribution in [3.63, 3.8) is 0 Å². The molecule has 0 atom stereocenters. The monoisotopic (exact) mass is 404 g/mol. The van der Waals surface area contributed by atoms with Crippen molar-refractivity contribution in [2.24, 2.45) is 0 Å². The molecule has 28 heavy (non-hydrogen) atoms. The van der Waals surface area contributed by atoms with Crippen molar-refractivity contribution in [3.8, 4) is 22.8 Å². The molecule has 2 aromatic carbocycles. The molecule has 3 rings (SSSR count). The summed E-state index contributed by atoms with van der Waals surface area (Å²) in [7, 11) is 1.37. The van der Waals surface area contributed by atoms with E-state index >= 15 is 0 Å². The zero-order valence-electron chi connectivity index (χ0n) is 15.2. The first kappa shape index (κ1) is 19.8. The van der Waals surface area contributed by atoms with E-state index in [-0.39, 0.29) is 23.8 Å². The minimum absolute atomic E-state index is 0.0471. The third-order valence-corrected chi connectivity index (χ3v) is 4.72. The van der Waals surface area contributed by atoms with Gasteiger partial charge < -0.3 is 14.8 Å². The zero-order chi connectivity index (χ0) is 20.1. The van der Waals surface area contributed by atoms with E-state index in [1.807, 2.05) is 31.2 Å². The van der Waals surface area contributed by atoms with Crippen LogP contribution in [0.25, 0.3) is 11.3 Å². The quantitative estimate of drug-likeness (QED) is 0.608. The first-order valence-corrected chi connectivity index (χ1v) is 9.26. The molecule has 5 nitrogen and oxygen atoms in total. The van der Waals surface area contributed by atoms with E-state index < -0.39 is 6.61 Å². The fourth-order valence-electron chi connectivity index (χ4n) is 2.52. The Kier molecular flexibility index (Phi) is 6.20. The summed E-state index contributed by atoms with van der Waals surface area (Å²) in [6.07, 6.45) is 0.141. The number of halogens is 2. The molecular formula is C20H18F2N2O3S. The number of alkyl halides is 2. The molecule has 1 aromatic heterocycles. The van der Waals surface area contributed by atoms with Crippen LogP contribution in [0.3, 0.4) is 0 Å². The number of nitrogens with zero attached hydrogens (tertiary/aromatic N) is 1. The smallest absolute Gasteiger partial charge is 0.387 e. The van der Waals surface area contributed by atoms with Gasteiger partial charge in [0, 0.05) is 16.6 Å². The molecule has 0 saturated carbocycles. The highest BCUT2D eigenvalue weighted by Crippen LogP contribution is 2.33. The van der Waals surface area contributed by atoms with Gasteiger partial charge >= 0.3 is 6.61 Å². The second-order valence-electron chi connectivity index (χ2n) is 5.96. The van der Waals surface area contributed by atoms with Crippen molar-refractivity contribution < 1.29 is 23.0 Å². The molecule has 0 aliphatic carbocycles. The molecule has 0 aliphatic rings. The maximum Gasteiger partial charge on any atom is 0.387 e. The Morgan fingerprint density at radius 3 is 2.61 bits per heavy atom. The zero-order valence-corrected chi connectivity index (χ0v) is 16.1. The number of thiazole rings is 1. The summed E-state index contributed by atoms with van der Waals surface area (Å²) in [6.45, 7) is -0.957. The van der Waals surface area contributed by atoms with Gasteiger partial charge in [0.2, 0.25) is 5.91 Å². The lowest BCUT2D eigenvalue weighted by Crippen LogP contribution is -2.14. The summed E-state index contributed by atoms with van der Waals surface area (Å²) in [4.78, 5) is 16.7. The molecule has 8 heteroatoms. The fourth-order valence-corrected chi connectivity index (χ4v) is 3.33. The van der Waals surface area contributed by atoms with Gasteiger partial charge in [0.1, 0.15) is 5.01 Å². The molecule has 0 spiro atoms. The molecule has 1 N–H and O–H groups in total. The van der Waals surface area contributed by atoms with Crippen LogP contribution in [-0.2, 0) is 11.2 Å². The maximum atomic E-state index is 12.4. The van der Waals surface area contributed by atoms with E-state index in [1.165, 1.54) is 24.5 Å². The van der Waals surface area contributed by atoms with Gasteiger partial charge in [0.15, 0.2) is 11.5 Å². The van der Waals surface area contributed by atoms with E-state index in [9.17, 15) is 13.6 Å². The number of amides is 1. The van der Waals surface area contributed by atoms with Crippen molar-refractivity contribution in [1.82, 2.24) is 4.98 Å². The van der Waals surface area contributed by atoms with E-state index in [0.29, 0.717) is 16.3 Å². The van der Waals surface area contributed by atoms with Crippen LogP contribution in [0.15, 0.2) is 47.8 Å². The van der Waals surface area contributed by atoms with E-state index in [4.69, 9.17) is 4.74 Å². The Morgan fingerprint density at radius 1 is 1.18 bits per heavy atom. The standard InChI is InChI=1S/C20H18F2N2O3S/c1-12-3-6-14(7-4-12)23-18(25)10-19-24-15(11-28-19)13-5-8-16(27-20(21)22)17(9-13)26-2/h3-9,11,20H,10H2,1-2H3,(H,23,25). The Morgan fingerprint density at radius 2 is 1.93 bits per heavy atom. The summed E-state index contributed by atoms with van der Waals surface area (Å²) in [5.41, 5.74) is 3.15. The number of nitrogens with one attached hydrogen (secondary N) is 1. The lowest BCUT2D eigenvalue weighted by molar-refractivity contribution is -0.115. The number of aromatic nitrogens is 1. The van der Waals surface area contributed by atoms with Gasteiger partial charge in [-0.1, -0.05) is 17.7 Å². The lowest BCUT2D eigenvalue weighted by atomic mass is 10.1. The largest absolute Gasteiger partial charge is 0.493 e. The van der Waals surface area contributed by atoms with Crippen LogP contribution < -0.4 is 14.8 Å². The summed E-state index contributed by atoms with van der Waals surface area (Å²) < 4.78 is 34.4. The fraction of sp³-hybridized carbons (Fsp3) is 0.200. The average molecular weight is 404 g/mol. The molecule has 1 heterocycles. The molecular weight excluding hydrogens is 386 g/mol. The number of carbonyl (C=O) groups is 1. The van der Waals surface area contributed by atoms with Crippen LogP contribution in [0.4, 0.5) is 14.5 Å². The minimum Gasteiger partial charge on any atom is -0.493 e. The number of hydrogen-bond acceptors (Lipinski definition) is 5. The Balaban J connectivity index is 1.69. The van der Waals surface area contributed by atoms with Gasteiger partial charge in [0.05, 0.1) is 19.2 Å². The SMILES string of the molecule is COc1cc(-c2csc(CC(=O)Nc3ccc(C)cc3)n2)ccc1OC(F)F. The molecule has 3 aromatic rings. The number of anilines is 1. The van der Waals surface area contributed by atoms with Crippen molar-refractivity contribution in [2.75, 3.05) is 12.4 Å². The number of aryl methyl sites for hydroxylation is 1. The van der Waals surface area contributed by atoms with Crippen molar-refractivity contribution in [2.45, 2.75) is 20.0 Å².